The highest BCUT2D eigenvalue weighted by Gasteiger charge is 2.37. The molecule has 1 fully saturated rings. The van der Waals surface area contributed by atoms with Gasteiger partial charge in [-0.3, -0.25) is 4.79 Å². The molecule has 1 aliphatic rings. The third-order valence-corrected chi connectivity index (χ3v) is 3.96. The minimum atomic E-state index is -0.787. The van der Waals surface area contributed by atoms with Gasteiger partial charge >= 0.3 is 0 Å². The highest BCUT2D eigenvalue weighted by atomic mass is 19.1. The minimum Gasteiger partial charge on any atom is -0.371 e. The fourth-order valence-electron chi connectivity index (χ4n) is 2.79. The molecule has 1 amide bonds. The maximum Gasteiger partial charge on any atom is 0.243 e. The number of primary amides is 1. The molecule has 0 saturated carbocycles. The van der Waals surface area contributed by atoms with Gasteiger partial charge in [-0.1, -0.05) is 0 Å². The molecule has 5 heteroatoms. The van der Waals surface area contributed by atoms with E-state index in [2.05, 4.69) is 10.2 Å². The van der Waals surface area contributed by atoms with Gasteiger partial charge in [0, 0.05) is 12.2 Å². The monoisotopic (exact) mass is 279 g/mol. The summed E-state index contributed by atoms with van der Waals surface area (Å²) >= 11 is 0. The van der Waals surface area contributed by atoms with E-state index in [0.29, 0.717) is 18.5 Å². The van der Waals surface area contributed by atoms with Crippen LogP contribution in [0.1, 0.15) is 24.8 Å². The van der Waals surface area contributed by atoms with Crippen molar-refractivity contribution in [3.05, 3.63) is 29.6 Å². The zero-order chi connectivity index (χ0) is 14.8. The summed E-state index contributed by atoms with van der Waals surface area (Å²) in [4.78, 5) is 14.1. The van der Waals surface area contributed by atoms with Crippen LogP contribution < -0.4 is 11.1 Å². The third kappa shape index (κ3) is 3.28. The topological polar surface area (TPSA) is 58.4 Å². The molecule has 1 saturated heterocycles. The van der Waals surface area contributed by atoms with Crippen LogP contribution in [0, 0.1) is 12.7 Å². The van der Waals surface area contributed by atoms with Crippen LogP contribution in [0.25, 0.3) is 0 Å². The minimum absolute atomic E-state index is 0.308. The van der Waals surface area contributed by atoms with E-state index in [1.54, 1.807) is 0 Å². The van der Waals surface area contributed by atoms with Gasteiger partial charge in [0.1, 0.15) is 11.4 Å². The Balaban J connectivity index is 2.26. The standard InChI is InChI=1S/C15H22FN3O/c1-11-8-12(16)10-13(9-11)18-15(14(17)20)4-3-6-19(2)7-5-15/h8-10,18H,3-7H2,1-2H3,(H2,17,20). The Morgan fingerprint density at radius 1 is 1.35 bits per heavy atom. The van der Waals surface area contributed by atoms with E-state index in [9.17, 15) is 9.18 Å². The lowest BCUT2D eigenvalue weighted by Gasteiger charge is -2.31. The molecule has 1 aliphatic heterocycles. The number of hydrogen-bond donors (Lipinski definition) is 2. The first-order valence-corrected chi connectivity index (χ1v) is 6.95. The van der Waals surface area contributed by atoms with Gasteiger partial charge in [0.15, 0.2) is 0 Å². The molecule has 1 atom stereocenters. The number of rotatable bonds is 3. The van der Waals surface area contributed by atoms with Crippen LogP contribution in [-0.4, -0.2) is 36.5 Å². The Kier molecular flexibility index (Phi) is 4.28. The van der Waals surface area contributed by atoms with Gasteiger partial charge in [0.25, 0.3) is 0 Å². The highest BCUT2D eigenvalue weighted by Crippen LogP contribution is 2.27. The Morgan fingerprint density at radius 2 is 2.10 bits per heavy atom. The first-order valence-electron chi connectivity index (χ1n) is 6.95. The van der Waals surface area contributed by atoms with Gasteiger partial charge in [-0.25, -0.2) is 4.39 Å². The largest absolute Gasteiger partial charge is 0.371 e. The lowest BCUT2D eigenvalue weighted by atomic mass is 9.89. The van der Waals surface area contributed by atoms with Crippen molar-refractivity contribution in [2.45, 2.75) is 31.7 Å². The molecule has 20 heavy (non-hydrogen) atoms. The average Bonchev–Trinajstić information content (AvgIpc) is 2.51. The van der Waals surface area contributed by atoms with Crippen LogP contribution in [0.2, 0.25) is 0 Å². The van der Waals surface area contributed by atoms with Gasteiger partial charge in [0.05, 0.1) is 0 Å². The molecule has 0 bridgehead atoms. The number of nitrogens with one attached hydrogen (secondary N) is 1. The number of halogens is 1. The fraction of sp³-hybridized carbons (Fsp3) is 0.533. The molecule has 0 radical (unpaired) electrons. The number of carbonyl (C=O) groups is 1. The molecular formula is C15H22FN3O. The molecule has 1 aromatic rings. The molecule has 4 nitrogen and oxygen atoms in total. The van der Waals surface area contributed by atoms with E-state index in [1.165, 1.54) is 12.1 Å². The molecule has 0 aromatic heterocycles. The maximum absolute atomic E-state index is 13.5. The van der Waals surface area contributed by atoms with Crippen molar-refractivity contribution in [2.24, 2.45) is 5.73 Å². The molecule has 1 aromatic carbocycles. The maximum atomic E-state index is 13.5. The molecule has 110 valence electrons. The van der Waals surface area contributed by atoms with Crippen LogP contribution in [0.3, 0.4) is 0 Å². The molecule has 3 N–H and O–H groups in total. The van der Waals surface area contributed by atoms with Crippen molar-refractivity contribution in [1.29, 1.82) is 0 Å². The number of benzene rings is 1. The Labute approximate surface area is 119 Å². The number of likely N-dealkylation sites (tertiary alicyclic amines) is 1. The first-order chi connectivity index (χ1) is 9.41. The van der Waals surface area contributed by atoms with Gasteiger partial charge < -0.3 is 16.0 Å². The first kappa shape index (κ1) is 14.8. The second kappa shape index (κ2) is 5.79. The van der Waals surface area contributed by atoms with Gasteiger partial charge in [-0.05, 0) is 63.5 Å². The van der Waals surface area contributed by atoms with Crippen LogP contribution in [0.15, 0.2) is 18.2 Å². The number of hydrogen-bond acceptors (Lipinski definition) is 3. The van der Waals surface area contributed by atoms with E-state index in [4.69, 9.17) is 5.73 Å². The van der Waals surface area contributed by atoms with Crippen molar-refractivity contribution in [3.8, 4) is 0 Å². The van der Waals surface area contributed by atoms with Crippen molar-refractivity contribution in [3.63, 3.8) is 0 Å². The number of anilines is 1. The van der Waals surface area contributed by atoms with E-state index in [-0.39, 0.29) is 11.7 Å². The lowest BCUT2D eigenvalue weighted by molar-refractivity contribution is -0.122. The van der Waals surface area contributed by atoms with E-state index in [1.807, 2.05) is 20.0 Å². The van der Waals surface area contributed by atoms with Crippen LogP contribution in [-0.2, 0) is 4.79 Å². The quantitative estimate of drug-likeness (QED) is 0.888. The zero-order valence-electron chi connectivity index (χ0n) is 12.1. The van der Waals surface area contributed by atoms with E-state index < -0.39 is 5.54 Å². The predicted octanol–water partition coefficient (Wildman–Crippen LogP) is 1.89. The van der Waals surface area contributed by atoms with E-state index in [0.717, 1.165) is 25.1 Å². The number of amides is 1. The number of aryl methyl sites for hydroxylation is 1. The smallest absolute Gasteiger partial charge is 0.243 e. The zero-order valence-corrected chi connectivity index (χ0v) is 12.1. The summed E-state index contributed by atoms with van der Waals surface area (Å²) in [5.74, 6) is -0.674. The molecule has 1 heterocycles. The van der Waals surface area contributed by atoms with Crippen molar-refractivity contribution >= 4 is 11.6 Å². The number of nitrogens with zero attached hydrogens (tertiary/aromatic N) is 1. The average molecular weight is 279 g/mol. The van der Waals surface area contributed by atoms with Crippen LogP contribution in [0.5, 0.6) is 0 Å². The summed E-state index contributed by atoms with van der Waals surface area (Å²) < 4.78 is 13.5. The number of carbonyl (C=O) groups excluding carboxylic acids is 1. The van der Waals surface area contributed by atoms with E-state index >= 15 is 0 Å². The van der Waals surface area contributed by atoms with Crippen molar-refractivity contribution < 1.29 is 9.18 Å². The highest BCUT2D eigenvalue weighted by molar-refractivity contribution is 5.88. The molecule has 2 rings (SSSR count). The second-order valence-corrected chi connectivity index (χ2v) is 5.75. The van der Waals surface area contributed by atoms with Crippen molar-refractivity contribution in [1.82, 2.24) is 4.90 Å². The summed E-state index contributed by atoms with van der Waals surface area (Å²) in [7, 11) is 2.03. The second-order valence-electron chi connectivity index (χ2n) is 5.75. The molecule has 0 spiro atoms. The van der Waals surface area contributed by atoms with Crippen LogP contribution in [0.4, 0.5) is 10.1 Å². The lowest BCUT2D eigenvalue weighted by Crippen LogP contribution is -2.51. The van der Waals surface area contributed by atoms with Gasteiger partial charge in [-0.2, -0.15) is 0 Å². The molecular weight excluding hydrogens is 257 g/mol. The van der Waals surface area contributed by atoms with Crippen molar-refractivity contribution in [2.75, 3.05) is 25.5 Å². The summed E-state index contributed by atoms with van der Waals surface area (Å²) in [6.07, 6.45) is 2.19. The van der Waals surface area contributed by atoms with Crippen LogP contribution >= 0.6 is 0 Å². The number of nitrogens with two attached hydrogens (primary N) is 1. The summed E-state index contributed by atoms with van der Waals surface area (Å²) in [5.41, 5.74) is 6.27. The Bertz CT molecular complexity index is 486. The summed E-state index contributed by atoms with van der Waals surface area (Å²) in [6, 6.07) is 4.71. The fourth-order valence-corrected chi connectivity index (χ4v) is 2.79. The predicted molar refractivity (Wildman–Crippen MR) is 78.0 cm³/mol. The van der Waals surface area contributed by atoms with Gasteiger partial charge in [0.2, 0.25) is 5.91 Å². The SMILES string of the molecule is Cc1cc(F)cc(NC2(C(N)=O)CCCN(C)CC2)c1. The third-order valence-electron chi connectivity index (χ3n) is 3.96. The summed E-state index contributed by atoms with van der Waals surface area (Å²) in [6.45, 7) is 3.56. The molecule has 0 aliphatic carbocycles. The summed E-state index contributed by atoms with van der Waals surface area (Å²) in [5, 5.41) is 3.19. The van der Waals surface area contributed by atoms with Gasteiger partial charge in [-0.15, -0.1) is 0 Å². The Hall–Kier alpha value is -1.62. The molecule has 1 unspecified atom stereocenters. The Morgan fingerprint density at radius 3 is 2.75 bits per heavy atom. The normalized spacial score (nSPS) is 24.1.